The SMILES string of the molecule is COc1cc(C)ccc1[N+]#N.[Cl-]. The first-order valence-electron chi connectivity index (χ1n) is 3.27. The molecule has 0 heterocycles. The largest absolute Gasteiger partial charge is 1.00 e. The van der Waals surface area contributed by atoms with Crippen molar-refractivity contribution < 1.29 is 17.1 Å². The highest BCUT2D eigenvalue weighted by atomic mass is 35.5. The molecule has 4 heteroatoms. The Kier molecular flexibility index (Phi) is 4.09. The Labute approximate surface area is 77.4 Å². The van der Waals surface area contributed by atoms with Crippen molar-refractivity contribution in [2.24, 2.45) is 0 Å². The Morgan fingerprint density at radius 3 is 2.58 bits per heavy atom. The number of hydrogen-bond donors (Lipinski definition) is 0. The number of ether oxygens (including phenoxy) is 1. The van der Waals surface area contributed by atoms with Crippen LogP contribution in [0, 0.1) is 12.3 Å². The molecule has 0 unspecified atom stereocenters. The molecule has 0 aliphatic carbocycles. The fourth-order valence-corrected chi connectivity index (χ4v) is 0.867. The lowest BCUT2D eigenvalue weighted by Gasteiger charge is -1.95. The molecule has 0 spiro atoms. The lowest BCUT2D eigenvalue weighted by molar-refractivity contribution is -0.00000287. The molecule has 0 aliphatic rings. The molecular weight excluding hydrogens is 176 g/mol. The number of diazo groups is 1. The monoisotopic (exact) mass is 184 g/mol. The molecule has 3 nitrogen and oxygen atoms in total. The number of benzene rings is 1. The zero-order valence-electron chi connectivity index (χ0n) is 6.91. The highest BCUT2D eigenvalue weighted by Crippen LogP contribution is 2.27. The lowest BCUT2D eigenvalue weighted by atomic mass is 10.2. The van der Waals surface area contributed by atoms with Crippen LogP contribution in [0.1, 0.15) is 5.56 Å². The highest BCUT2D eigenvalue weighted by Gasteiger charge is 2.12. The maximum absolute atomic E-state index is 8.49. The van der Waals surface area contributed by atoms with Gasteiger partial charge in [0, 0.05) is 6.07 Å². The van der Waals surface area contributed by atoms with Crippen molar-refractivity contribution in [2.75, 3.05) is 7.11 Å². The predicted molar refractivity (Wildman–Crippen MR) is 42.5 cm³/mol. The van der Waals surface area contributed by atoms with Crippen LogP contribution in [-0.2, 0) is 0 Å². The lowest BCUT2D eigenvalue weighted by Crippen LogP contribution is -3.00. The third kappa shape index (κ3) is 2.11. The fourth-order valence-electron chi connectivity index (χ4n) is 0.867. The number of halogens is 1. The topological polar surface area (TPSA) is 37.4 Å². The summed E-state index contributed by atoms with van der Waals surface area (Å²) in [4.78, 5) is 3.06. The van der Waals surface area contributed by atoms with E-state index in [9.17, 15) is 0 Å². The molecule has 1 aromatic rings. The van der Waals surface area contributed by atoms with E-state index in [2.05, 4.69) is 4.98 Å². The molecule has 0 bridgehead atoms. The van der Waals surface area contributed by atoms with E-state index < -0.39 is 0 Å². The summed E-state index contributed by atoms with van der Waals surface area (Å²) in [5, 5.41) is 8.49. The fraction of sp³-hybridized carbons (Fsp3) is 0.250. The van der Waals surface area contributed by atoms with Gasteiger partial charge >= 0.3 is 5.69 Å². The van der Waals surface area contributed by atoms with Crippen molar-refractivity contribution in [3.8, 4) is 5.75 Å². The van der Waals surface area contributed by atoms with Gasteiger partial charge < -0.3 is 17.1 Å². The third-order valence-electron chi connectivity index (χ3n) is 1.44. The van der Waals surface area contributed by atoms with Gasteiger partial charge in [0.2, 0.25) is 11.1 Å². The maximum atomic E-state index is 8.49. The van der Waals surface area contributed by atoms with Crippen LogP contribution >= 0.6 is 0 Å². The van der Waals surface area contributed by atoms with Gasteiger partial charge in [-0.05, 0) is 18.6 Å². The van der Waals surface area contributed by atoms with E-state index in [4.69, 9.17) is 10.1 Å². The molecule has 0 aliphatic heterocycles. The van der Waals surface area contributed by atoms with Gasteiger partial charge in [0.25, 0.3) is 0 Å². The van der Waals surface area contributed by atoms with E-state index in [1.165, 1.54) is 0 Å². The Bertz CT molecular complexity index is 306. The van der Waals surface area contributed by atoms with E-state index in [1.54, 1.807) is 13.2 Å². The molecule has 1 rings (SSSR count). The van der Waals surface area contributed by atoms with E-state index in [0.717, 1.165) is 5.56 Å². The molecule has 64 valence electrons. The number of aryl methyl sites for hydroxylation is 1. The van der Waals surface area contributed by atoms with Crippen LogP contribution in [0.3, 0.4) is 0 Å². The smallest absolute Gasteiger partial charge is 0.426 e. The zero-order valence-corrected chi connectivity index (χ0v) is 7.67. The van der Waals surface area contributed by atoms with Crippen molar-refractivity contribution in [1.82, 2.24) is 0 Å². The normalized spacial score (nSPS) is 8.08. The summed E-state index contributed by atoms with van der Waals surface area (Å²) in [5.41, 5.74) is 1.53. The number of nitrogens with zero attached hydrogens (tertiary/aromatic N) is 2. The summed E-state index contributed by atoms with van der Waals surface area (Å²) in [7, 11) is 1.55. The molecule has 0 saturated heterocycles. The van der Waals surface area contributed by atoms with Gasteiger partial charge in [0.15, 0.2) is 4.98 Å². The third-order valence-corrected chi connectivity index (χ3v) is 1.44. The molecule has 0 fully saturated rings. The van der Waals surface area contributed by atoms with Gasteiger partial charge in [0.05, 0.1) is 7.11 Å². The molecule has 12 heavy (non-hydrogen) atoms. The Hall–Kier alpha value is -1.27. The van der Waals surface area contributed by atoms with Crippen LogP contribution in [-0.4, -0.2) is 7.11 Å². The first-order valence-corrected chi connectivity index (χ1v) is 3.27. The first kappa shape index (κ1) is 10.7. The summed E-state index contributed by atoms with van der Waals surface area (Å²) >= 11 is 0. The Morgan fingerprint density at radius 1 is 1.42 bits per heavy atom. The van der Waals surface area contributed by atoms with Crippen LogP contribution in [0.4, 0.5) is 5.69 Å². The second-order valence-electron chi connectivity index (χ2n) is 2.28. The van der Waals surface area contributed by atoms with E-state index in [0.29, 0.717) is 11.4 Å². The molecule has 0 saturated carbocycles. The second kappa shape index (κ2) is 4.58. The van der Waals surface area contributed by atoms with Crippen LogP contribution in [0.15, 0.2) is 18.2 Å². The number of hydrogen-bond acceptors (Lipinski definition) is 2. The molecule has 0 amide bonds. The molecule has 0 aromatic heterocycles. The standard InChI is InChI=1S/C8H9N2O.ClH/c1-6-3-4-7(10-9)8(5-6)11-2;/h3-5H,1-2H3;1H/q+1;/p-1. The van der Waals surface area contributed by atoms with E-state index in [1.807, 2.05) is 19.1 Å². The van der Waals surface area contributed by atoms with Crippen LogP contribution in [0.25, 0.3) is 4.98 Å². The summed E-state index contributed by atoms with van der Waals surface area (Å²) in [5.74, 6) is 0.590. The van der Waals surface area contributed by atoms with Crippen LogP contribution in [0.5, 0.6) is 5.75 Å². The van der Waals surface area contributed by atoms with Gasteiger partial charge in [-0.3, -0.25) is 0 Å². The summed E-state index contributed by atoms with van der Waals surface area (Å²) in [6.45, 7) is 1.95. The van der Waals surface area contributed by atoms with Crippen molar-refractivity contribution in [1.29, 1.82) is 5.39 Å². The molecule has 1 aromatic carbocycles. The number of methoxy groups -OCH3 is 1. The van der Waals surface area contributed by atoms with Crippen LogP contribution in [0.2, 0.25) is 0 Å². The summed E-state index contributed by atoms with van der Waals surface area (Å²) < 4.78 is 4.96. The van der Waals surface area contributed by atoms with Crippen molar-refractivity contribution in [3.05, 3.63) is 28.7 Å². The van der Waals surface area contributed by atoms with Gasteiger partial charge in [-0.15, -0.1) is 0 Å². The zero-order chi connectivity index (χ0) is 8.27. The molecule has 0 radical (unpaired) electrons. The summed E-state index contributed by atoms with van der Waals surface area (Å²) in [6, 6.07) is 5.38. The minimum atomic E-state index is 0. The number of rotatable bonds is 1. The van der Waals surface area contributed by atoms with Crippen molar-refractivity contribution in [2.45, 2.75) is 6.92 Å². The quantitative estimate of drug-likeness (QED) is 0.552. The van der Waals surface area contributed by atoms with E-state index >= 15 is 0 Å². The summed E-state index contributed by atoms with van der Waals surface area (Å²) in [6.07, 6.45) is 0. The van der Waals surface area contributed by atoms with Gasteiger partial charge in [-0.2, -0.15) is 0 Å². The van der Waals surface area contributed by atoms with Crippen molar-refractivity contribution >= 4 is 5.69 Å². The van der Waals surface area contributed by atoms with E-state index in [-0.39, 0.29) is 12.4 Å². The van der Waals surface area contributed by atoms with Gasteiger partial charge in [-0.25, -0.2) is 0 Å². The minimum absolute atomic E-state index is 0. The minimum Gasteiger partial charge on any atom is -1.00 e. The molecular formula is C8H9ClN2O. The Balaban J connectivity index is 0.00000121. The van der Waals surface area contributed by atoms with Gasteiger partial charge in [0.1, 0.15) is 0 Å². The highest BCUT2D eigenvalue weighted by molar-refractivity contribution is 5.57. The van der Waals surface area contributed by atoms with Crippen molar-refractivity contribution in [3.63, 3.8) is 0 Å². The van der Waals surface area contributed by atoms with Gasteiger partial charge in [-0.1, -0.05) is 6.07 Å². The Morgan fingerprint density at radius 2 is 2.08 bits per heavy atom. The average molecular weight is 185 g/mol. The molecule has 0 atom stereocenters. The molecule has 0 N–H and O–H groups in total. The second-order valence-corrected chi connectivity index (χ2v) is 2.28. The average Bonchev–Trinajstić information content (AvgIpc) is 2.04. The maximum Gasteiger partial charge on any atom is 0.426 e. The van der Waals surface area contributed by atoms with Crippen LogP contribution < -0.4 is 17.1 Å². The first-order chi connectivity index (χ1) is 5.27. The predicted octanol–water partition coefficient (Wildman–Crippen LogP) is -0.508.